The third-order valence-electron chi connectivity index (χ3n) is 2.54. The summed E-state index contributed by atoms with van der Waals surface area (Å²) in [6, 6.07) is 10.9. The van der Waals surface area contributed by atoms with Gasteiger partial charge in [0.15, 0.2) is 0 Å². The first-order valence-electron chi connectivity index (χ1n) is 5.70. The highest BCUT2D eigenvalue weighted by molar-refractivity contribution is 9.10. The van der Waals surface area contributed by atoms with Crippen LogP contribution in [0.1, 0.15) is 5.56 Å². The molecular formula is C13H10BrN3O3S. The molecule has 0 atom stereocenters. The van der Waals surface area contributed by atoms with Gasteiger partial charge in [-0.15, -0.1) is 0 Å². The van der Waals surface area contributed by atoms with E-state index < -0.39 is 10.0 Å². The molecule has 1 aromatic heterocycles. The zero-order valence-corrected chi connectivity index (χ0v) is 13.3. The van der Waals surface area contributed by atoms with E-state index in [4.69, 9.17) is 10.00 Å². The van der Waals surface area contributed by atoms with Gasteiger partial charge in [0.2, 0.25) is 5.88 Å². The van der Waals surface area contributed by atoms with Crippen LogP contribution in [0.25, 0.3) is 0 Å². The second-order valence-electron chi connectivity index (χ2n) is 3.90. The Morgan fingerprint density at radius 2 is 2.00 bits per heavy atom. The Morgan fingerprint density at radius 1 is 1.29 bits per heavy atom. The lowest BCUT2D eigenvalue weighted by atomic mass is 10.2. The zero-order valence-electron chi connectivity index (χ0n) is 10.9. The highest BCUT2D eigenvalue weighted by Crippen LogP contribution is 2.25. The number of aromatic nitrogens is 1. The lowest BCUT2D eigenvalue weighted by Crippen LogP contribution is -2.15. The molecule has 2 rings (SSSR count). The van der Waals surface area contributed by atoms with Crippen LogP contribution in [-0.4, -0.2) is 20.5 Å². The molecule has 0 aliphatic carbocycles. The number of hydrogen-bond donors (Lipinski definition) is 1. The van der Waals surface area contributed by atoms with Crippen molar-refractivity contribution in [3.05, 3.63) is 46.4 Å². The van der Waals surface area contributed by atoms with Crippen LogP contribution < -0.4 is 9.46 Å². The second kappa shape index (κ2) is 6.11. The molecule has 0 saturated carbocycles. The van der Waals surface area contributed by atoms with Gasteiger partial charge in [-0.2, -0.15) is 10.2 Å². The maximum Gasteiger partial charge on any atom is 0.264 e. The molecule has 0 aliphatic heterocycles. The van der Waals surface area contributed by atoms with Crippen molar-refractivity contribution in [2.45, 2.75) is 4.90 Å². The Hall–Kier alpha value is -2.11. The normalized spacial score (nSPS) is 10.7. The van der Waals surface area contributed by atoms with E-state index in [1.807, 2.05) is 6.07 Å². The average molecular weight is 368 g/mol. The molecule has 0 amide bonds. The van der Waals surface area contributed by atoms with Crippen LogP contribution in [0.5, 0.6) is 5.88 Å². The SMILES string of the molecule is COc1nc(NS(=O)(=O)c2ccccc2C#N)ccc1Br. The van der Waals surface area contributed by atoms with Crippen molar-refractivity contribution >= 4 is 31.8 Å². The molecule has 6 nitrogen and oxygen atoms in total. The molecular weight excluding hydrogens is 358 g/mol. The Kier molecular flexibility index (Phi) is 4.45. The number of nitrogens with one attached hydrogen (secondary N) is 1. The van der Waals surface area contributed by atoms with Crippen molar-refractivity contribution in [3.63, 3.8) is 0 Å². The first-order valence-corrected chi connectivity index (χ1v) is 7.98. The molecule has 0 aliphatic rings. The molecule has 21 heavy (non-hydrogen) atoms. The Balaban J connectivity index is 2.40. The summed E-state index contributed by atoms with van der Waals surface area (Å²) in [5, 5.41) is 8.98. The van der Waals surface area contributed by atoms with Gasteiger partial charge in [0.25, 0.3) is 10.0 Å². The minimum absolute atomic E-state index is 0.0640. The minimum Gasteiger partial charge on any atom is -0.480 e. The van der Waals surface area contributed by atoms with Crippen LogP contribution in [0.4, 0.5) is 5.82 Å². The van der Waals surface area contributed by atoms with Crippen LogP contribution in [0.3, 0.4) is 0 Å². The molecule has 1 aromatic carbocycles. The van der Waals surface area contributed by atoms with Crippen LogP contribution in [0, 0.1) is 11.3 Å². The molecule has 0 bridgehead atoms. The summed E-state index contributed by atoms with van der Waals surface area (Å²) in [4.78, 5) is 3.91. The van der Waals surface area contributed by atoms with Gasteiger partial charge in [-0.1, -0.05) is 12.1 Å². The molecule has 0 fully saturated rings. The Bertz CT molecular complexity index is 816. The molecule has 0 spiro atoms. The molecule has 1 heterocycles. The number of sulfonamides is 1. The summed E-state index contributed by atoms with van der Waals surface area (Å²) >= 11 is 3.23. The fraction of sp³-hybridized carbons (Fsp3) is 0.0769. The van der Waals surface area contributed by atoms with Crippen LogP contribution in [0.15, 0.2) is 45.8 Å². The third kappa shape index (κ3) is 3.32. The van der Waals surface area contributed by atoms with E-state index in [0.717, 1.165) is 0 Å². The number of benzene rings is 1. The molecule has 0 unspecified atom stereocenters. The maximum atomic E-state index is 12.3. The molecule has 0 radical (unpaired) electrons. The number of rotatable bonds is 4. The van der Waals surface area contributed by atoms with Crippen LogP contribution in [0.2, 0.25) is 0 Å². The van der Waals surface area contributed by atoms with Crippen molar-refractivity contribution in [3.8, 4) is 11.9 Å². The number of methoxy groups -OCH3 is 1. The van der Waals surface area contributed by atoms with Crippen molar-refractivity contribution in [1.82, 2.24) is 4.98 Å². The first-order chi connectivity index (χ1) is 9.97. The summed E-state index contributed by atoms with van der Waals surface area (Å²) in [6.07, 6.45) is 0. The molecule has 108 valence electrons. The predicted molar refractivity (Wildman–Crippen MR) is 80.5 cm³/mol. The van der Waals surface area contributed by atoms with E-state index in [1.54, 1.807) is 18.2 Å². The summed E-state index contributed by atoms with van der Waals surface area (Å²) in [6.45, 7) is 0. The van der Waals surface area contributed by atoms with Gasteiger partial charge < -0.3 is 4.74 Å². The number of anilines is 1. The van der Waals surface area contributed by atoms with Crippen LogP contribution >= 0.6 is 15.9 Å². The zero-order chi connectivity index (χ0) is 15.5. The van der Waals surface area contributed by atoms with E-state index in [-0.39, 0.29) is 22.2 Å². The maximum absolute atomic E-state index is 12.3. The molecule has 1 N–H and O–H groups in total. The van der Waals surface area contributed by atoms with E-state index in [2.05, 4.69) is 25.6 Å². The third-order valence-corrected chi connectivity index (χ3v) is 4.56. The molecule has 2 aromatic rings. The molecule has 8 heteroatoms. The number of ether oxygens (including phenoxy) is 1. The van der Waals surface area contributed by atoms with Gasteiger partial charge >= 0.3 is 0 Å². The summed E-state index contributed by atoms with van der Waals surface area (Å²) in [5.41, 5.74) is 0.0640. The minimum atomic E-state index is -3.90. The fourth-order valence-electron chi connectivity index (χ4n) is 1.61. The number of pyridine rings is 1. The van der Waals surface area contributed by atoms with Gasteiger partial charge in [-0.25, -0.2) is 8.42 Å². The summed E-state index contributed by atoms with van der Waals surface area (Å²) < 4.78 is 32.6. The monoisotopic (exact) mass is 367 g/mol. The van der Waals surface area contributed by atoms with Gasteiger partial charge in [0, 0.05) is 0 Å². The highest BCUT2D eigenvalue weighted by atomic mass is 79.9. The molecule has 0 saturated heterocycles. The van der Waals surface area contributed by atoms with Gasteiger partial charge in [0.05, 0.1) is 17.1 Å². The lowest BCUT2D eigenvalue weighted by Gasteiger charge is -2.10. The van der Waals surface area contributed by atoms with Gasteiger partial charge in [-0.05, 0) is 40.2 Å². The highest BCUT2D eigenvalue weighted by Gasteiger charge is 2.19. The first kappa shape index (κ1) is 15.3. The quantitative estimate of drug-likeness (QED) is 0.895. The van der Waals surface area contributed by atoms with Crippen molar-refractivity contribution < 1.29 is 13.2 Å². The number of nitriles is 1. The number of hydrogen-bond acceptors (Lipinski definition) is 5. The van der Waals surface area contributed by atoms with E-state index in [1.165, 1.54) is 25.3 Å². The lowest BCUT2D eigenvalue weighted by molar-refractivity contribution is 0.396. The summed E-state index contributed by atoms with van der Waals surface area (Å²) in [5.74, 6) is 0.353. The van der Waals surface area contributed by atoms with Gasteiger partial charge in [0.1, 0.15) is 16.8 Å². The van der Waals surface area contributed by atoms with E-state index in [0.29, 0.717) is 4.47 Å². The van der Waals surface area contributed by atoms with Crippen molar-refractivity contribution in [1.29, 1.82) is 5.26 Å². The standard InChI is InChI=1S/C13H10BrN3O3S/c1-20-13-10(14)6-7-12(16-13)17-21(18,19)11-5-3-2-4-9(11)8-15/h2-7H,1H3,(H,16,17). The smallest absolute Gasteiger partial charge is 0.264 e. The largest absolute Gasteiger partial charge is 0.480 e. The fourth-order valence-corrected chi connectivity index (χ4v) is 3.15. The van der Waals surface area contributed by atoms with E-state index >= 15 is 0 Å². The number of halogens is 1. The van der Waals surface area contributed by atoms with Crippen molar-refractivity contribution in [2.75, 3.05) is 11.8 Å². The topological polar surface area (TPSA) is 92.1 Å². The predicted octanol–water partition coefficient (Wildman–Crippen LogP) is 2.53. The van der Waals surface area contributed by atoms with Crippen LogP contribution in [-0.2, 0) is 10.0 Å². The average Bonchev–Trinajstić information content (AvgIpc) is 2.49. The van der Waals surface area contributed by atoms with Crippen molar-refractivity contribution in [2.24, 2.45) is 0 Å². The Morgan fingerprint density at radius 3 is 2.67 bits per heavy atom. The second-order valence-corrected chi connectivity index (χ2v) is 6.41. The Labute approximate surface area is 130 Å². The number of nitrogens with zero attached hydrogens (tertiary/aromatic N) is 2. The summed E-state index contributed by atoms with van der Waals surface area (Å²) in [7, 11) is -2.47. The van der Waals surface area contributed by atoms with E-state index in [9.17, 15) is 8.42 Å². The van der Waals surface area contributed by atoms with Gasteiger partial charge in [-0.3, -0.25) is 4.72 Å².